The summed E-state index contributed by atoms with van der Waals surface area (Å²) >= 11 is 0. The average molecular weight is 841 g/mol. The standard InChI is InChI=1S/C13F29N5O4/c14-1-2(15,44(48,6(19,20)21)7(22,23)24)3(16,45(49,8(25,26)27)9(28,29)30)4(17,46(50,10(31,32)33)11(34,35)36)5(18,43-1)47(51,12(37,38)39)13(40,41)42. The molecule has 0 amide bonds. The molecule has 0 aliphatic carbocycles. The van der Waals surface area contributed by atoms with E-state index in [0.717, 1.165) is 0 Å². The molecule has 4 unspecified atom stereocenters. The molecule has 51 heavy (non-hydrogen) atoms. The van der Waals surface area contributed by atoms with Crippen LogP contribution in [0.4, 0.5) is 127 Å². The molecule has 1 rings (SSSR count). The van der Waals surface area contributed by atoms with Gasteiger partial charge in [0.25, 0.3) is 5.97 Å². The van der Waals surface area contributed by atoms with Crippen LogP contribution in [-0.4, -0.2) is 98.2 Å². The minimum Gasteiger partial charge on any atom is -0.616 e. The minimum absolute atomic E-state index is 0.817. The molecule has 1 heterocycles. The zero-order chi connectivity index (χ0) is 42.3. The highest BCUT2D eigenvalue weighted by atomic mass is 19.5. The first-order chi connectivity index (χ1) is 21.4. The van der Waals surface area contributed by atoms with E-state index in [2.05, 4.69) is 0 Å². The smallest absolute Gasteiger partial charge is 0.573 e. The first-order valence-corrected chi connectivity index (χ1v) is 10.3. The molecule has 0 aromatic rings. The molecule has 0 radical (unpaired) electrons. The Morgan fingerprint density at radius 2 is 0.549 bits per heavy atom. The highest BCUT2D eigenvalue weighted by Crippen LogP contribution is 2.75. The Morgan fingerprint density at radius 1 is 0.353 bits per heavy atom. The van der Waals surface area contributed by atoms with Gasteiger partial charge in [0.05, 0.1) is 0 Å². The lowest BCUT2D eigenvalue weighted by molar-refractivity contribution is -1.24. The highest BCUT2D eigenvalue weighted by Gasteiger charge is 3.13. The monoisotopic (exact) mass is 841 g/mol. The van der Waals surface area contributed by atoms with Gasteiger partial charge in [-0.25, -0.2) is 0 Å². The highest BCUT2D eigenvalue weighted by molar-refractivity contribution is 5.85. The Balaban J connectivity index is 5.81. The van der Waals surface area contributed by atoms with Crippen LogP contribution in [0.1, 0.15) is 0 Å². The summed E-state index contributed by atoms with van der Waals surface area (Å²) in [6, 6.07) is 0. The summed E-state index contributed by atoms with van der Waals surface area (Å²) in [7, 11) is 0. The second-order valence-corrected chi connectivity index (χ2v) is 9.04. The molecule has 1 aliphatic heterocycles. The van der Waals surface area contributed by atoms with Crippen molar-refractivity contribution >= 4 is 5.97 Å². The molecule has 1 aliphatic rings. The third-order valence-corrected chi connectivity index (χ3v) is 6.39. The maximum atomic E-state index is 16.5. The minimum atomic E-state index is -11.6. The zero-order valence-corrected chi connectivity index (χ0v) is 21.3. The van der Waals surface area contributed by atoms with Crippen molar-refractivity contribution < 1.29 is 146 Å². The first kappa shape index (κ1) is 46.3. The van der Waals surface area contributed by atoms with Gasteiger partial charge in [0.2, 0.25) is 0 Å². The molecule has 0 spiro atoms. The van der Waals surface area contributed by atoms with Crippen LogP contribution in [0, 0.1) is 20.8 Å². The second-order valence-electron chi connectivity index (χ2n) is 9.04. The molecular formula is C13F29N5O4. The number of rotatable bonds is 4. The number of alkyl halides is 28. The number of nitrogens with zero attached hydrogens (tertiary/aromatic N) is 5. The second kappa shape index (κ2) is 10.7. The Morgan fingerprint density at radius 3 is 0.745 bits per heavy atom. The molecule has 0 saturated heterocycles. The predicted octanol–water partition coefficient (Wildman–Crippen LogP) is 8.41. The summed E-state index contributed by atoms with van der Waals surface area (Å²) in [6.07, 6.45) is -77.6. The van der Waals surface area contributed by atoms with Crippen molar-refractivity contribution in [2.75, 3.05) is 0 Å². The third kappa shape index (κ3) is 4.73. The molecule has 0 saturated carbocycles. The summed E-state index contributed by atoms with van der Waals surface area (Å²) in [4.78, 5) is -0.817. The Hall–Kier alpha value is -2.68. The van der Waals surface area contributed by atoms with Crippen LogP contribution < -0.4 is 0 Å². The fourth-order valence-corrected chi connectivity index (χ4v) is 4.25. The Kier molecular flexibility index (Phi) is 9.74. The molecule has 304 valence electrons. The normalized spacial score (nSPS) is 29.3. The first-order valence-electron chi connectivity index (χ1n) is 10.3. The van der Waals surface area contributed by atoms with E-state index >= 15 is 17.6 Å². The number of hydrogen-bond donors (Lipinski definition) is 0. The molecule has 0 bridgehead atoms. The van der Waals surface area contributed by atoms with Crippen molar-refractivity contribution in [1.82, 2.24) is 0 Å². The molecular weight excluding hydrogens is 841 g/mol. The van der Waals surface area contributed by atoms with Crippen LogP contribution in [0.15, 0.2) is 4.99 Å². The summed E-state index contributed by atoms with van der Waals surface area (Å²) in [5, 5.41) is 48.0. The van der Waals surface area contributed by atoms with Crippen LogP contribution in [0.25, 0.3) is 0 Å². The van der Waals surface area contributed by atoms with Crippen molar-refractivity contribution in [2.24, 2.45) is 4.99 Å². The van der Waals surface area contributed by atoms with Crippen LogP contribution in [0.5, 0.6) is 0 Å². The number of aliphatic imine (C=N–C) groups is 1. The fraction of sp³-hybridized carbons (Fsp3) is 0.923. The third-order valence-electron chi connectivity index (χ3n) is 6.39. The van der Waals surface area contributed by atoms with Gasteiger partial charge in [-0.2, -0.15) is 17.6 Å². The van der Waals surface area contributed by atoms with Crippen LogP contribution in [0.3, 0.4) is 0 Å². The van der Waals surface area contributed by atoms with E-state index < -0.39 is 103 Å². The Bertz CT molecular complexity index is 1330. The molecule has 4 atom stereocenters. The van der Waals surface area contributed by atoms with Gasteiger partial charge in [0.1, 0.15) is 0 Å². The number of hydroxylamine groups is 12. The van der Waals surface area contributed by atoms with Crippen LogP contribution in [-0.2, 0) is 0 Å². The van der Waals surface area contributed by atoms with Gasteiger partial charge in [-0.15, -0.1) is 133 Å². The van der Waals surface area contributed by atoms with Crippen LogP contribution in [0.2, 0.25) is 0 Å². The van der Waals surface area contributed by atoms with Gasteiger partial charge in [0, 0.05) is 0 Å². The van der Waals surface area contributed by atoms with E-state index in [1.165, 1.54) is 0 Å². The average Bonchev–Trinajstić information content (AvgIpc) is 2.82. The van der Waals surface area contributed by atoms with E-state index in [4.69, 9.17) is 0 Å². The van der Waals surface area contributed by atoms with E-state index in [9.17, 15) is 131 Å². The molecule has 0 aromatic heterocycles. The maximum Gasteiger partial charge on any atom is 0.573 e. The lowest BCUT2D eigenvalue weighted by Crippen LogP contribution is -3.02. The van der Waals surface area contributed by atoms with Crippen molar-refractivity contribution in [3.63, 3.8) is 0 Å². The predicted molar refractivity (Wildman–Crippen MR) is 86.8 cm³/mol. The van der Waals surface area contributed by atoms with Gasteiger partial charge in [-0.05, 0) is 0 Å². The lowest BCUT2D eigenvalue weighted by Gasteiger charge is -2.66. The lowest BCUT2D eigenvalue weighted by atomic mass is 9.80. The topological polar surface area (TPSA) is 105 Å². The molecule has 0 fully saturated rings. The summed E-state index contributed by atoms with van der Waals surface area (Å²) in [6.45, 7) is 0. The Labute approximate surface area is 253 Å². The van der Waals surface area contributed by atoms with E-state index in [-0.39, 0.29) is 0 Å². The quantitative estimate of drug-likeness (QED) is 0.123. The van der Waals surface area contributed by atoms with Gasteiger partial charge in [0.15, 0.2) is 0 Å². The summed E-state index contributed by atoms with van der Waals surface area (Å²) in [5.74, 6) is -50.9. The SMILES string of the molecule is [O-][N+](C(F)(F)F)(C(F)(F)F)C1(F)N=C(F)C(F)([N+]([O-])(C(F)(F)F)C(F)(F)F)C(F)([N+]([O-])(C(F)(F)F)C(F)(F)F)C1(F)[N+]([O-])(C(F)(F)F)C(F)(F)F. The molecule has 0 aromatic carbocycles. The van der Waals surface area contributed by atoms with Gasteiger partial charge >= 0.3 is 73.7 Å². The largest absolute Gasteiger partial charge is 0.616 e. The van der Waals surface area contributed by atoms with Gasteiger partial charge in [-0.1, -0.05) is 0 Å². The van der Waals surface area contributed by atoms with Crippen LogP contribution >= 0.6 is 0 Å². The number of hydrogen-bond acceptors (Lipinski definition) is 5. The summed E-state index contributed by atoms with van der Waals surface area (Å²) in [5.41, 5.74) is 0. The van der Waals surface area contributed by atoms with E-state index in [1.807, 2.05) is 0 Å². The fourth-order valence-electron chi connectivity index (χ4n) is 4.25. The summed E-state index contributed by atoms with van der Waals surface area (Å²) < 4.78 is 367. The maximum absolute atomic E-state index is 16.5. The van der Waals surface area contributed by atoms with E-state index in [1.54, 1.807) is 0 Å². The number of quaternary nitrogens is 4. The van der Waals surface area contributed by atoms with E-state index in [0.29, 0.717) is 0 Å². The number of halogens is 29. The molecule has 38 heteroatoms. The molecule has 9 nitrogen and oxygen atoms in total. The van der Waals surface area contributed by atoms with Crippen molar-refractivity contribution in [3.8, 4) is 0 Å². The van der Waals surface area contributed by atoms with Crippen molar-refractivity contribution in [1.29, 1.82) is 0 Å². The van der Waals surface area contributed by atoms with Gasteiger partial charge < -0.3 is 20.8 Å². The molecule has 0 N–H and O–H groups in total. The van der Waals surface area contributed by atoms with Crippen molar-refractivity contribution in [3.05, 3.63) is 20.8 Å². The van der Waals surface area contributed by atoms with Gasteiger partial charge in [-0.3, -0.25) is 0 Å². The van der Waals surface area contributed by atoms with Crippen molar-refractivity contribution in [2.45, 2.75) is 73.7 Å². The zero-order valence-electron chi connectivity index (χ0n) is 21.3.